The zero-order valence-corrected chi connectivity index (χ0v) is 8.11. The Morgan fingerprint density at radius 3 is 2.93 bits per heavy atom. The van der Waals surface area contributed by atoms with Crippen LogP contribution in [0.2, 0.25) is 0 Å². The number of rotatable bonds is 2. The molecule has 0 aromatic heterocycles. The number of aromatic hydroxyl groups is 1. The quantitative estimate of drug-likeness (QED) is 0.699. The van der Waals surface area contributed by atoms with Crippen LogP contribution in [-0.2, 0) is 6.42 Å². The first-order chi connectivity index (χ1) is 6.74. The molecule has 1 unspecified atom stereocenters. The van der Waals surface area contributed by atoms with Gasteiger partial charge in [0.1, 0.15) is 5.75 Å². The first-order valence-corrected chi connectivity index (χ1v) is 4.97. The molecule has 3 N–H and O–H groups in total. The molecule has 0 saturated carbocycles. The minimum atomic E-state index is 0.238. The molecule has 74 valence electrons. The molecule has 0 saturated heterocycles. The lowest BCUT2D eigenvalue weighted by molar-refractivity contribution is 0.474. The van der Waals surface area contributed by atoms with E-state index in [1.807, 2.05) is 18.2 Å². The second kappa shape index (κ2) is 3.84. The van der Waals surface area contributed by atoms with Crippen LogP contribution in [-0.4, -0.2) is 11.1 Å². The highest BCUT2D eigenvalue weighted by Crippen LogP contribution is 2.22. The summed E-state index contributed by atoms with van der Waals surface area (Å²) in [6.07, 6.45) is 5.22. The molecule has 0 aliphatic heterocycles. The Kier molecular flexibility index (Phi) is 2.55. The third kappa shape index (κ3) is 2.15. The summed E-state index contributed by atoms with van der Waals surface area (Å²) in [4.78, 5) is 0. The Bertz CT molecular complexity index is 357. The molecule has 0 amide bonds. The van der Waals surface area contributed by atoms with E-state index in [0.717, 1.165) is 24.8 Å². The third-order valence-electron chi connectivity index (χ3n) is 2.59. The smallest absolute Gasteiger partial charge is 0.115 e. The van der Waals surface area contributed by atoms with Gasteiger partial charge in [-0.2, -0.15) is 0 Å². The lowest BCUT2D eigenvalue weighted by Crippen LogP contribution is -2.11. The molecule has 2 heteroatoms. The Morgan fingerprint density at radius 2 is 2.29 bits per heavy atom. The molecule has 1 aliphatic rings. The number of allylic oxidation sites excluding steroid dienone is 1. The van der Waals surface area contributed by atoms with Crippen molar-refractivity contribution in [3.63, 3.8) is 0 Å². The van der Waals surface area contributed by atoms with Crippen molar-refractivity contribution in [1.29, 1.82) is 0 Å². The fourth-order valence-electron chi connectivity index (χ4n) is 1.90. The number of hydrogen-bond acceptors (Lipinski definition) is 2. The first-order valence-electron chi connectivity index (χ1n) is 4.97. The van der Waals surface area contributed by atoms with Crippen LogP contribution in [0.4, 0.5) is 0 Å². The van der Waals surface area contributed by atoms with Gasteiger partial charge >= 0.3 is 0 Å². The Labute approximate surface area is 84.1 Å². The summed E-state index contributed by atoms with van der Waals surface area (Å²) in [6.45, 7) is 0. The topological polar surface area (TPSA) is 46.2 Å². The average Bonchev–Trinajstić information content (AvgIpc) is 2.51. The van der Waals surface area contributed by atoms with E-state index in [-0.39, 0.29) is 6.04 Å². The van der Waals surface area contributed by atoms with Crippen molar-refractivity contribution in [1.82, 2.24) is 0 Å². The zero-order valence-electron chi connectivity index (χ0n) is 8.11. The molecule has 1 atom stereocenters. The van der Waals surface area contributed by atoms with Crippen LogP contribution in [0, 0.1) is 0 Å². The molecule has 1 aromatic carbocycles. The van der Waals surface area contributed by atoms with E-state index in [9.17, 15) is 5.11 Å². The fourth-order valence-corrected chi connectivity index (χ4v) is 1.90. The van der Waals surface area contributed by atoms with Gasteiger partial charge in [-0.1, -0.05) is 23.8 Å². The van der Waals surface area contributed by atoms with Gasteiger partial charge in [0.05, 0.1) is 0 Å². The third-order valence-corrected chi connectivity index (χ3v) is 2.59. The van der Waals surface area contributed by atoms with E-state index in [1.54, 1.807) is 6.07 Å². The summed E-state index contributed by atoms with van der Waals surface area (Å²) in [5.41, 5.74) is 8.33. The van der Waals surface area contributed by atoms with Crippen molar-refractivity contribution < 1.29 is 5.11 Å². The minimum Gasteiger partial charge on any atom is -0.508 e. The second-order valence-corrected chi connectivity index (χ2v) is 3.87. The Hall–Kier alpha value is -1.28. The van der Waals surface area contributed by atoms with Crippen molar-refractivity contribution in [3.8, 4) is 5.75 Å². The summed E-state index contributed by atoms with van der Waals surface area (Å²) in [6, 6.07) is 7.65. The van der Waals surface area contributed by atoms with Crippen molar-refractivity contribution in [2.45, 2.75) is 25.3 Å². The number of benzene rings is 1. The van der Waals surface area contributed by atoms with E-state index in [2.05, 4.69) is 6.08 Å². The van der Waals surface area contributed by atoms with E-state index >= 15 is 0 Å². The van der Waals surface area contributed by atoms with E-state index in [0.29, 0.717) is 5.75 Å². The van der Waals surface area contributed by atoms with Gasteiger partial charge in [0.2, 0.25) is 0 Å². The van der Waals surface area contributed by atoms with Gasteiger partial charge in [0.15, 0.2) is 0 Å². The standard InChI is InChI=1S/C12H15NO/c13-11-5-4-10(7-11)6-9-2-1-3-12(14)8-9/h1-3,7-8,11,14H,4-6,13H2. The van der Waals surface area contributed by atoms with E-state index in [4.69, 9.17) is 5.73 Å². The Morgan fingerprint density at radius 1 is 1.43 bits per heavy atom. The van der Waals surface area contributed by atoms with Crippen molar-refractivity contribution in [2.24, 2.45) is 5.73 Å². The molecule has 14 heavy (non-hydrogen) atoms. The predicted molar refractivity (Wildman–Crippen MR) is 57.1 cm³/mol. The maximum absolute atomic E-state index is 9.29. The van der Waals surface area contributed by atoms with Crippen LogP contribution >= 0.6 is 0 Å². The predicted octanol–water partition coefficient (Wildman–Crippen LogP) is 1.98. The minimum absolute atomic E-state index is 0.238. The van der Waals surface area contributed by atoms with Crippen molar-refractivity contribution in [2.75, 3.05) is 0 Å². The number of phenols is 1. The Balaban J connectivity index is 2.08. The van der Waals surface area contributed by atoms with E-state index in [1.165, 1.54) is 5.57 Å². The lowest BCUT2D eigenvalue weighted by atomic mass is 10.0. The van der Waals surface area contributed by atoms with Gasteiger partial charge in [-0.05, 0) is 37.0 Å². The van der Waals surface area contributed by atoms with Gasteiger partial charge in [0.25, 0.3) is 0 Å². The van der Waals surface area contributed by atoms with Crippen LogP contribution in [0.5, 0.6) is 5.75 Å². The van der Waals surface area contributed by atoms with Crippen LogP contribution < -0.4 is 5.73 Å². The van der Waals surface area contributed by atoms with E-state index < -0.39 is 0 Å². The van der Waals surface area contributed by atoms with Crippen LogP contribution in [0.25, 0.3) is 0 Å². The molecule has 2 rings (SSSR count). The maximum atomic E-state index is 9.29. The van der Waals surface area contributed by atoms with Gasteiger partial charge < -0.3 is 10.8 Å². The molecule has 0 heterocycles. The average molecular weight is 189 g/mol. The highest BCUT2D eigenvalue weighted by Gasteiger charge is 2.11. The summed E-state index contributed by atoms with van der Waals surface area (Å²) in [5, 5.41) is 9.29. The summed E-state index contributed by atoms with van der Waals surface area (Å²) >= 11 is 0. The highest BCUT2D eigenvalue weighted by atomic mass is 16.3. The SMILES string of the molecule is NC1C=C(Cc2cccc(O)c2)CC1. The molecule has 0 fully saturated rings. The molecule has 2 nitrogen and oxygen atoms in total. The summed E-state index contributed by atoms with van der Waals surface area (Å²) < 4.78 is 0. The largest absolute Gasteiger partial charge is 0.508 e. The monoisotopic (exact) mass is 189 g/mol. The lowest BCUT2D eigenvalue weighted by Gasteiger charge is -2.02. The molecule has 0 radical (unpaired) electrons. The first kappa shape index (κ1) is 9.28. The van der Waals surface area contributed by atoms with Gasteiger partial charge in [-0.15, -0.1) is 0 Å². The molecule has 0 spiro atoms. The number of phenolic OH excluding ortho intramolecular Hbond substituents is 1. The molecular weight excluding hydrogens is 174 g/mol. The molecule has 1 aliphatic carbocycles. The highest BCUT2D eigenvalue weighted by molar-refractivity contribution is 5.31. The summed E-state index contributed by atoms with van der Waals surface area (Å²) in [5.74, 6) is 0.338. The maximum Gasteiger partial charge on any atom is 0.115 e. The molecule has 1 aromatic rings. The number of nitrogens with two attached hydrogens (primary N) is 1. The van der Waals surface area contributed by atoms with Crippen LogP contribution in [0.15, 0.2) is 35.9 Å². The van der Waals surface area contributed by atoms with Crippen molar-refractivity contribution >= 4 is 0 Å². The number of hydrogen-bond donors (Lipinski definition) is 2. The molecular formula is C12H15NO. The zero-order chi connectivity index (χ0) is 9.97. The van der Waals surface area contributed by atoms with Crippen molar-refractivity contribution in [3.05, 3.63) is 41.5 Å². The molecule has 0 bridgehead atoms. The normalized spacial score (nSPS) is 20.9. The fraction of sp³-hybridized carbons (Fsp3) is 0.333. The van der Waals surface area contributed by atoms with Gasteiger partial charge in [0, 0.05) is 6.04 Å². The summed E-state index contributed by atoms with van der Waals surface area (Å²) in [7, 11) is 0. The second-order valence-electron chi connectivity index (χ2n) is 3.87. The van der Waals surface area contributed by atoms with Gasteiger partial charge in [-0.3, -0.25) is 0 Å². The van der Waals surface area contributed by atoms with Crippen LogP contribution in [0.3, 0.4) is 0 Å². The van der Waals surface area contributed by atoms with Crippen LogP contribution in [0.1, 0.15) is 18.4 Å². The van der Waals surface area contributed by atoms with Gasteiger partial charge in [-0.25, -0.2) is 0 Å².